The Morgan fingerprint density at radius 1 is 1.35 bits per heavy atom. The Bertz CT molecular complexity index is 1020. The third-order valence-electron chi connectivity index (χ3n) is 4.22. The summed E-state index contributed by atoms with van der Waals surface area (Å²) >= 11 is 1.27. The first kappa shape index (κ1) is 18.7. The van der Waals surface area contributed by atoms with Crippen LogP contribution in [0.4, 0.5) is 0 Å². The fourth-order valence-electron chi connectivity index (χ4n) is 3.01. The Kier molecular flexibility index (Phi) is 5.26. The summed E-state index contributed by atoms with van der Waals surface area (Å²) in [6, 6.07) is 6.60. The Morgan fingerprint density at radius 2 is 2.08 bits per heavy atom. The molecule has 1 saturated heterocycles. The van der Waals surface area contributed by atoms with Crippen molar-refractivity contribution in [1.82, 2.24) is 8.87 Å². The van der Waals surface area contributed by atoms with E-state index in [9.17, 15) is 18.0 Å². The number of hydrogen-bond donors (Lipinski definition) is 0. The standard InChI is InChI=1S/C16H19N3O5S2/c1-24-14(20)10-18-11-6-3-4-8-13(11)25-16(18)17-15(21)12-7-5-9-19(12)26(2,22)23/h3-4,6,8,12H,5,7,9-10H2,1-2H3. The number of esters is 1. The summed E-state index contributed by atoms with van der Waals surface area (Å²) in [6.45, 7) is 0.242. The number of para-hydroxylation sites is 1. The zero-order chi connectivity index (χ0) is 18.9. The van der Waals surface area contributed by atoms with E-state index in [1.54, 1.807) is 4.57 Å². The maximum absolute atomic E-state index is 12.7. The summed E-state index contributed by atoms with van der Waals surface area (Å²) in [6.07, 6.45) is 2.15. The van der Waals surface area contributed by atoms with Crippen molar-refractivity contribution in [3.63, 3.8) is 0 Å². The molecule has 0 N–H and O–H groups in total. The second-order valence-corrected chi connectivity index (χ2v) is 8.94. The molecule has 1 aliphatic heterocycles. The molecule has 1 aromatic heterocycles. The van der Waals surface area contributed by atoms with Crippen LogP contribution in [0, 0.1) is 0 Å². The van der Waals surface area contributed by atoms with Crippen LogP contribution in [-0.4, -0.2) is 55.1 Å². The number of sulfonamides is 1. The third kappa shape index (κ3) is 3.71. The summed E-state index contributed by atoms with van der Waals surface area (Å²) in [5.41, 5.74) is 0.765. The maximum Gasteiger partial charge on any atom is 0.325 e. The zero-order valence-electron chi connectivity index (χ0n) is 14.4. The lowest BCUT2D eigenvalue weighted by Crippen LogP contribution is -2.40. The second-order valence-electron chi connectivity index (χ2n) is 6.00. The van der Waals surface area contributed by atoms with Gasteiger partial charge in [-0.1, -0.05) is 23.5 Å². The molecule has 1 atom stereocenters. The van der Waals surface area contributed by atoms with E-state index in [2.05, 4.69) is 4.99 Å². The Hall–Kier alpha value is -2.04. The molecule has 0 radical (unpaired) electrons. The summed E-state index contributed by atoms with van der Waals surface area (Å²) < 4.78 is 32.1. The van der Waals surface area contributed by atoms with E-state index in [0.29, 0.717) is 24.2 Å². The number of nitrogens with zero attached hydrogens (tertiary/aromatic N) is 3. The number of carbonyl (C=O) groups is 2. The molecule has 140 valence electrons. The first-order chi connectivity index (χ1) is 12.3. The highest BCUT2D eigenvalue weighted by atomic mass is 32.2. The van der Waals surface area contributed by atoms with Gasteiger partial charge in [0.05, 0.1) is 23.6 Å². The fraction of sp³-hybridized carbons (Fsp3) is 0.438. The van der Waals surface area contributed by atoms with Crippen molar-refractivity contribution in [3.8, 4) is 0 Å². The number of rotatable bonds is 4. The molecule has 0 saturated carbocycles. The van der Waals surface area contributed by atoms with Gasteiger partial charge in [0.2, 0.25) is 10.0 Å². The van der Waals surface area contributed by atoms with Gasteiger partial charge in [0.25, 0.3) is 5.91 Å². The van der Waals surface area contributed by atoms with Crippen molar-refractivity contribution in [1.29, 1.82) is 0 Å². The predicted octanol–water partition coefficient (Wildman–Crippen LogP) is 0.727. The monoisotopic (exact) mass is 397 g/mol. The molecular weight excluding hydrogens is 378 g/mol. The van der Waals surface area contributed by atoms with Gasteiger partial charge in [0.15, 0.2) is 4.80 Å². The van der Waals surface area contributed by atoms with Crippen molar-refractivity contribution >= 4 is 43.5 Å². The smallest absolute Gasteiger partial charge is 0.325 e. The largest absolute Gasteiger partial charge is 0.468 e. The topological polar surface area (TPSA) is 98.0 Å². The maximum atomic E-state index is 12.7. The van der Waals surface area contributed by atoms with E-state index in [0.717, 1.165) is 16.5 Å². The first-order valence-electron chi connectivity index (χ1n) is 8.02. The minimum atomic E-state index is -3.47. The lowest BCUT2D eigenvalue weighted by Gasteiger charge is -2.18. The lowest BCUT2D eigenvalue weighted by molar-refractivity contribution is -0.141. The van der Waals surface area contributed by atoms with Crippen molar-refractivity contribution in [2.45, 2.75) is 25.4 Å². The molecule has 0 bridgehead atoms. The van der Waals surface area contributed by atoms with E-state index >= 15 is 0 Å². The number of aromatic nitrogens is 1. The van der Waals surface area contributed by atoms with Crippen LogP contribution >= 0.6 is 11.3 Å². The van der Waals surface area contributed by atoms with Crippen LogP contribution in [0.25, 0.3) is 10.2 Å². The van der Waals surface area contributed by atoms with Crippen molar-refractivity contribution in [2.75, 3.05) is 19.9 Å². The van der Waals surface area contributed by atoms with E-state index in [1.165, 1.54) is 22.8 Å². The van der Waals surface area contributed by atoms with Crippen LogP contribution in [0.3, 0.4) is 0 Å². The highest BCUT2D eigenvalue weighted by Crippen LogP contribution is 2.22. The third-order valence-corrected chi connectivity index (χ3v) is 6.57. The molecule has 3 rings (SSSR count). The minimum Gasteiger partial charge on any atom is -0.468 e. The fourth-order valence-corrected chi connectivity index (χ4v) is 5.16. The Balaban J connectivity index is 2.05. The average molecular weight is 397 g/mol. The number of carbonyl (C=O) groups excluding carboxylic acids is 2. The molecule has 2 heterocycles. The van der Waals surface area contributed by atoms with Gasteiger partial charge in [0, 0.05) is 6.54 Å². The molecule has 1 aliphatic rings. The Morgan fingerprint density at radius 3 is 2.77 bits per heavy atom. The van der Waals surface area contributed by atoms with Crippen molar-refractivity contribution in [2.24, 2.45) is 4.99 Å². The summed E-state index contributed by atoms with van der Waals surface area (Å²) in [4.78, 5) is 28.9. The van der Waals surface area contributed by atoms with Gasteiger partial charge in [-0.05, 0) is 25.0 Å². The van der Waals surface area contributed by atoms with Gasteiger partial charge in [0.1, 0.15) is 12.6 Å². The zero-order valence-corrected chi connectivity index (χ0v) is 16.0. The SMILES string of the molecule is COC(=O)Cn1c(=NC(=O)C2CCCN2S(C)(=O)=O)sc2ccccc21. The van der Waals surface area contributed by atoms with Crippen molar-refractivity contribution in [3.05, 3.63) is 29.1 Å². The van der Waals surface area contributed by atoms with Gasteiger partial charge in [-0.2, -0.15) is 9.30 Å². The van der Waals surface area contributed by atoms with Gasteiger partial charge < -0.3 is 9.30 Å². The highest BCUT2D eigenvalue weighted by Gasteiger charge is 2.36. The van der Waals surface area contributed by atoms with Crippen molar-refractivity contribution < 1.29 is 22.7 Å². The van der Waals surface area contributed by atoms with E-state index in [4.69, 9.17) is 4.74 Å². The average Bonchev–Trinajstić information content (AvgIpc) is 3.20. The van der Waals surface area contributed by atoms with Crippen LogP contribution in [0.15, 0.2) is 29.3 Å². The molecule has 0 spiro atoms. The number of benzene rings is 1. The number of amides is 1. The quantitative estimate of drug-likeness (QED) is 0.709. The van der Waals surface area contributed by atoms with Crippen LogP contribution < -0.4 is 4.80 Å². The predicted molar refractivity (Wildman–Crippen MR) is 97.0 cm³/mol. The molecule has 0 aliphatic carbocycles. The molecular formula is C16H19N3O5S2. The van der Waals surface area contributed by atoms with E-state index in [-0.39, 0.29) is 6.54 Å². The van der Waals surface area contributed by atoms with Gasteiger partial charge >= 0.3 is 5.97 Å². The van der Waals surface area contributed by atoms with Gasteiger partial charge in [-0.15, -0.1) is 0 Å². The van der Waals surface area contributed by atoms with Crippen LogP contribution in [0.2, 0.25) is 0 Å². The second kappa shape index (κ2) is 7.29. The number of thiazole rings is 1. The number of methoxy groups -OCH3 is 1. The molecule has 26 heavy (non-hydrogen) atoms. The molecule has 2 aromatic rings. The molecule has 1 fully saturated rings. The van der Waals surface area contributed by atoms with Crippen LogP contribution in [0.5, 0.6) is 0 Å². The lowest BCUT2D eigenvalue weighted by atomic mass is 10.2. The highest BCUT2D eigenvalue weighted by molar-refractivity contribution is 7.88. The number of hydrogen-bond acceptors (Lipinski definition) is 6. The Labute approximate surface area is 154 Å². The summed E-state index contributed by atoms with van der Waals surface area (Å²) in [5.74, 6) is -0.973. The molecule has 1 amide bonds. The van der Waals surface area contributed by atoms with E-state index in [1.807, 2.05) is 24.3 Å². The molecule has 1 unspecified atom stereocenters. The molecule has 8 nitrogen and oxygen atoms in total. The van der Waals surface area contributed by atoms with Gasteiger partial charge in [-0.25, -0.2) is 8.42 Å². The normalized spacial score (nSPS) is 19.2. The number of fused-ring (bicyclic) bond motifs is 1. The number of ether oxygens (including phenoxy) is 1. The first-order valence-corrected chi connectivity index (χ1v) is 10.7. The molecule has 1 aromatic carbocycles. The van der Waals surface area contributed by atoms with E-state index < -0.39 is 27.9 Å². The minimum absolute atomic E-state index is 0.0763. The van der Waals surface area contributed by atoms with Gasteiger partial charge in [-0.3, -0.25) is 9.59 Å². The van der Waals surface area contributed by atoms with Crippen LogP contribution in [-0.2, 0) is 30.9 Å². The summed E-state index contributed by atoms with van der Waals surface area (Å²) in [7, 11) is -2.18. The molecule has 10 heteroatoms. The van der Waals surface area contributed by atoms with Crippen LogP contribution in [0.1, 0.15) is 12.8 Å². The summed E-state index contributed by atoms with van der Waals surface area (Å²) in [5, 5.41) is 0.